The van der Waals surface area contributed by atoms with Crippen molar-refractivity contribution in [2.24, 2.45) is 11.8 Å². The van der Waals surface area contributed by atoms with Crippen molar-refractivity contribution >= 4 is 40.6 Å². The summed E-state index contributed by atoms with van der Waals surface area (Å²) in [4.78, 5) is 44.4. The van der Waals surface area contributed by atoms with Crippen LogP contribution in [0.2, 0.25) is 0 Å². The standard InChI is InChI=1S/C26H31N5O5S/c1-3-12-29(16-31-18-9-6-5-8-17(18)27-28-31)24(34)22-26-11-10-19(37-26)20(25(35)36-15-4-2)21(26)23(33)30(22)13-7-14-32/h3-6,8-9,19-22,32H,1-2,7,10-16H2/t19-,20+,21-,22?,26?/m0/s1. The van der Waals surface area contributed by atoms with Crippen LogP contribution in [-0.4, -0.2) is 90.0 Å². The zero-order chi connectivity index (χ0) is 26.2. The number of thioether (sulfide) groups is 1. The van der Waals surface area contributed by atoms with Gasteiger partial charge in [0.05, 0.1) is 22.1 Å². The monoisotopic (exact) mass is 525 g/mol. The maximum Gasteiger partial charge on any atom is 0.311 e. The molecule has 1 spiro atoms. The van der Waals surface area contributed by atoms with E-state index in [4.69, 9.17) is 4.74 Å². The minimum atomic E-state index is -0.765. The summed E-state index contributed by atoms with van der Waals surface area (Å²) in [5.74, 6) is -2.09. The molecular weight excluding hydrogens is 494 g/mol. The molecule has 2 aromatic rings. The number of amides is 2. The number of carbonyl (C=O) groups excluding carboxylic acids is 3. The molecule has 1 aromatic heterocycles. The van der Waals surface area contributed by atoms with E-state index < -0.39 is 28.6 Å². The summed E-state index contributed by atoms with van der Waals surface area (Å²) in [6.45, 7) is 8.04. The smallest absolute Gasteiger partial charge is 0.311 e. The number of likely N-dealkylation sites (tertiary alicyclic amines) is 1. The summed E-state index contributed by atoms with van der Waals surface area (Å²) in [6.07, 6.45) is 4.88. The van der Waals surface area contributed by atoms with Crippen LogP contribution in [0.3, 0.4) is 0 Å². The van der Waals surface area contributed by atoms with Crippen molar-refractivity contribution in [3.8, 4) is 0 Å². The van der Waals surface area contributed by atoms with Crippen molar-refractivity contribution < 1.29 is 24.2 Å². The van der Waals surface area contributed by atoms with Gasteiger partial charge in [-0.1, -0.05) is 36.1 Å². The molecular formula is C26H31N5O5S. The van der Waals surface area contributed by atoms with E-state index in [0.29, 0.717) is 12.8 Å². The molecule has 3 saturated heterocycles. The molecule has 1 N–H and O–H groups in total. The molecule has 3 fully saturated rings. The predicted octanol–water partition coefficient (Wildman–Crippen LogP) is 1.61. The first-order chi connectivity index (χ1) is 18.0. The van der Waals surface area contributed by atoms with Gasteiger partial charge in [0.25, 0.3) is 0 Å². The van der Waals surface area contributed by atoms with Gasteiger partial charge in [0.1, 0.15) is 24.8 Å². The topological polar surface area (TPSA) is 118 Å². The average molecular weight is 526 g/mol. The Hall–Kier alpha value is -3.18. The first-order valence-electron chi connectivity index (χ1n) is 12.5. The highest BCUT2D eigenvalue weighted by atomic mass is 32.2. The van der Waals surface area contributed by atoms with Crippen LogP contribution in [0.15, 0.2) is 49.6 Å². The third-order valence-corrected chi connectivity index (χ3v) is 9.54. The van der Waals surface area contributed by atoms with Crippen LogP contribution in [0.25, 0.3) is 11.0 Å². The summed E-state index contributed by atoms with van der Waals surface area (Å²) in [6, 6.07) is 6.74. The Bertz CT molecular complexity index is 1230. The predicted molar refractivity (Wildman–Crippen MR) is 138 cm³/mol. The van der Waals surface area contributed by atoms with Crippen LogP contribution in [0.5, 0.6) is 0 Å². The molecule has 0 saturated carbocycles. The minimum Gasteiger partial charge on any atom is -0.461 e. The number of benzene rings is 1. The number of hydrogen-bond acceptors (Lipinski definition) is 8. The molecule has 37 heavy (non-hydrogen) atoms. The first kappa shape index (κ1) is 25.5. The number of aliphatic hydroxyl groups is 1. The van der Waals surface area contributed by atoms with Gasteiger partial charge in [0.2, 0.25) is 11.8 Å². The summed E-state index contributed by atoms with van der Waals surface area (Å²) < 4.78 is 6.32. The van der Waals surface area contributed by atoms with Gasteiger partial charge >= 0.3 is 5.97 Å². The van der Waals surface area contributed by atoms with Crippen molar-refractivity contribution in [2.75, 3.05) is 26.3 Å². The molecule has 0 radical (unpaired) electrons. The molecule has 3 aliphatic rings. The molecule has 0 aliphatic carbocycles. The lowest BCUT2D eigenvalue weighted by Gasteiger charge is -2.37. The Labute approximate surface area is 219 Å². The van der Waals surface area contributed by atoms with E-state index in [1.165, 1.54) is 6.08 Å². The molecule has 2 bridgehead atoms. The van der Waals surface area contributed by atoms with Crippen LogP contribution in [0.1, 0.15) is 19.3 Å². The Morgan fingerprint density at radius 3 is 2.86 bits per heavy atom. The Kier molecular flexibility index (Phi) is 7.09. The molecule has 2 unspecified atom stereocenters. The van der Waals surface area contributed by atoms with E-state index in [-0.39, 0.29) is 50.0 Å². The number of esters is 1. The Morgan fingerprint density at radius 2 is 2.11 bits per heavy atom. The molecule has 10 nitrogen and oxygen atoms in total. The lowest BCUT2D eigenvalue weighted by Crippen LogP contribution is -2.55. The molecule has 5 atom stereocenters. The maximum atomic E-state index is 14.3. The van der Waals surface area contributed by atoms with Crippen molar-refractivity contribution in [3.63, 3.8) is 0 Å². The highest BCUT2D eigenvalue weighted by molar-refractivity contribution is 8.02. The zero-order valence-corrected chi connectivity index (χ0v) is 21.4. The van der Waals surface area contributed by atoms with Crippen molar-refractivity contribution in [1.29, 1.82) is 0 Å². The van der Waals surface area contributed by atoms with Gasteiger partial charge in [-0.05, 0) is 31.4 Å². The molecule has 5 rings (SSSR count). The lowest BCUT2D eigenvalue weighted by molar-refractivity contribution is -0.153. The van der Waals surface area contributed by atoms with Crippen LogP contribution >= 0.6 is 11.8 Å². The number of para-hydroxylation sites is 1. The van der Waals surface area contributed by atoms with Gasteiger partial charge in [-0.15, -0.1) is 23.4 Å². The number of fused-ring (bicyclic) bond motifs is 2. The van der Waals surface area contributed by atoms with E-state index in [0.717, 1.165) is 17.5 Å². The fraction of sp³-hybridized carbons (Fsp3) is 0.500. The van der Waals surface area contributed by atoms with Gasteiger partial charge < -0.3 is 19.6 Å². The van der Waals surface area contributed by atoms with Crippen LogP contribution in [-0.2, 0) is 25.8 Å². The highest BCUT2D eigenvalue weighted by Crippen LogP contribution is 2.66. The summed E-state index contributed by atoms with van der Waals surface area (Å²) in [5.41, 5.74) is 1.51. The van der Waals surface area contributed by atoms with Crippen LogP contribution in [0.4, 0.5) is 0 Å². The molecule has 4 heterocycles. The fourth-order valence-corrected chi connectivity index (χ4v) is 8.35. The van der Waals surface area contributed by atoms with E-state index in [1.807, 2.05) is 24.3 Å². The Morgan fingerprint density at radius 1 is 1.30 bits per heavy atom. The van der Waals surface area contributed by atoms with Crippen molar-refractivity contribution in [2.45, 2.75) is 42.0 Å². The summed E-state index contributed by atoms with van der Waals surface area (Å²) in [7, 11) is 0. The lowest BCUT2D eigenvalue weighted by atomic mass is 9.71. The fourth-order valence-electron chi connectivity index (χ4n) is 6.15. The van der Waals surface area contributed by atoms with Crippen molar-refractivity contribution in [1.82, 2.24) is 24.8 Å². The maximum absolute atomic E-state index is 14.3. The third kappa shape index (κ3) is 4.14. The number of rotatable bonds is 11. The van der Waals surface area contributed by atoms with Crippen molar-refractivity contribution in [3.05, 3.63) is 49.6 Å². The van der Waals surface area contributed by atoms with Gasteiger partial charge in [-0.25, -0.2) is 4.68 Å². The first-order valence-corrected chi connectivity index (χ1v) is 13.4. The second-order valence-corrected chi connectivity index (χ2v) is 11.3. The van der Waals surface area contributed by atoms with Gasteiger partial charge in [-0.3, -0.25) is 14.4 Å². The van der Waals surface area contributed by atoms with E-state index in [1.54, 1.807) is 32.3 Å². The van der Waals surface area contributed by atoms with Crippen LogP contribution < -0.4 is 0 Å². The zero-order valence-electron chi connectivity index (χ0n) is 20.6. The highest BCUT2D eigenvalue weighted by Gasteiger charge is 2.74. The quantitative estimate of drug-likeness (QED) is 0.347. The number of aromatic nitrogens is 3. The van der Waals surface area contributed by atoms with E-state index in [2.05, 4.69) is 23.5 Å². The normalized spacial score (nSPS) is 27.9. The molecule has 1 aromatic carbocycles. The van der Waals surface area contributed by atoms with E-state index >= 15 is 0 Å². The SMILES string of the molecule is C=CCOC(=O)[C@@H]1[C@@H]2CCC3(S2)C(C(=O)N(CC=C)Cn2nnc4ccccc42)N(CCCO)C(=O)[C@H]13. The Balaban J connectivity index is 1.49. The number of hydrogen-bond donors (Lipinski definition) is 1. The number of ether oxygens (including phenoxy) is 1. The molecule has 196 valence electrons. The molecule has 2 amide bonds. The second kappa shape index (κ2) is 10.3. The summed E-state index contributed by atoms with van der Waals surface area (Å²) in [5, 5.41) is 17.9. The number of nitrogens with zero attached hydrogens (tertiary/aromatic N) is 5. The summed E-state index contributed by atoms with van der Waals surface area (Å²) >= 11 is 1.58. The van der Waals surface area contributed by atoms with Gasteiger partial charge in [0, 0.05) is 24.9 Å². The largest absolute Gasteiger partial charge is 0.461 e. The van der Waals surface area contributed by atoms with E-state index in [9.17, 15) is 19.5 Å². The number of aliphatic hydroxyl groups excluding tert-OH is 1. The minimum absolute atomic E-state index is 0.0753. The van der Waals surface area contributed by atoms with Gasteiger partial charge in [-0.2, -0.15) is 0 Å². The average Bonchev–Trinajstić information content (AvgIpc) is 3.65. The second-order valence-electron chi connectivity index (χ2n) is 9.65. The third-order valence-electron chi connectivity index (χ3n) is 7.59. The molecule has 3 aliphatic heterocycles. The molecule has 11 heteroatoms. The van der Waals surface area contributed by atoms with Crippen LogP contribution in [0, 0.1) is 11.8 Å². The van der Waals surface area contributed by atoms with Gasteiger partial charge in [0.15, 0.2) is 0 Å². The number of carbonyl (C=O) groups is 3.